The number of halogens is 1. The third-order valence-corrected chi connectivity index (χ3v) is 4.11. The first-order valence-electron chi connectivity index (χ1n) is 8.09. The Kier molecular flexibility index (Phi) is 5.39. The molecule has 126 valence electrons. The summed E-state index contributed by atoms with van der Waals surface area (Å²) >= 11 is 0. The molecule has 4 nitrogen and oxygen atoms in total. The van der Waals surface area contributed by atoms with Crippen molar-refractivity contribution in [2.24, 2.45) is 5.41 Å². The molecule has 0 atom stereocenters. The van der Waals surface area contributed by atoms with Crippen LogP contribution in [0.3, 0.4) is 0 Å². The maximum Gasteiger partial charge on any atom is 0.226 e. The summed E-state index contributed by atoms with van der Waals surface area (Å²) in [4.78, 5) is 26.1. The average Bonchev–Trinajstić information content (AvgIpc) is 2.47. The predicted molar refractivity (Wildman–Crippen MR) is 87.3 cm³/mol. The summed E-state index contributed by atoms with van der Waals surface area (Å²) < 4.78 is 13.2. The second-order valence-corrected chi connectivity index (χ2v) is 7.19. The van der Waals surface area contributed by atoms with Gasteiger partial charge in [0, 0.05) is 24.5 Å². The Morgan fingerprint density at radius 2 is 1.91 bits per heavy atom. The van der Waals surface area contributed by atoms with Gasteiger partial charge in [-0.1, -0.05) is 32.9 Å². The van der Waals surface area contributed by atoms with Crippen LogP contribution in [-0.4, -0.2) is 35.8 Å². The molecule has 0 spiro atoms. The van der Waals surface area contributed by atoms with Gasteiger partial charge in [0.2, 0.25) is 11.8 Å². The summed E-state index contributed by atoms with van der Waals surface area (Å²) in [5, 5.41) is 3.05. The molecular weight excluding hydrogens is 295 g/mol. The molecule has 1 aliphatic rings. The highest BCUT2D eigenvalue weighted by molar-refractivity contribution is 5.82. The first-order valence-corrected chi connectivity index (χ1v) is 8.09. The lowest BCUT2D eigenvalue weighted by Crippen LogP contribution is -2.49. The molecule has 23 heavy (non-hydrogen) atoms. The number of nitrogens with one attached hydrogen (secondary N) is 1. The van der Waals surface area contributed by atoms with Gasteiger partial charge in [-0.3, -0.25) is 9.59 Å². The van der Waals surface area contributed by atoms with Gasteiger partial charge in [0.05, 0.1) is 6.42 Å². The van der Waals surface area contributed by atoms with E-state index in [-0.39, 0.29) is 30.1 Å². The van der Waals surface area contributed by atoms with E-state index in [0.29, 0.717) is 18.7 Å². The zero-order chi connectivity index (χ0) is 17.0. The van der Waals surface area contributed by atoms with Crippen LogP contribution in [-0.2, 0) is 16.0 Å². The molecule has 0 unspecified atom stereocenters. The molecule has 0 aromatic heterocycles. The van der Waals surface area contributed by atoms with Crippen molar-refractivity contribution in [3.63, 3.8) is 0 Å². The number of nitrogens with zero attached hydrogens (tertiary/aromatic N) is 1. The molecule has 1 N–H and O–H groups in total. The normalized spacial score (nSPS) is 16.3. The van der Waals surface area contributed by atoms with Crippen LogP contribution in [0.5, 0.6) is 0 Å². The molecule has 1 aliphatic heterocycles. The Labute approximate surface area is 137 Å². The minimum atomic E-state index is -0.398. The molecule has 5 heteroatoms. The van der Waals surface area contributed by atoms with Crippen molar-refractivity contribution in [3.05, 3.63) is 35.6 Å². The summed E-state index contributed by atoms with van der Waals surface area (Å²) in [6, 6.07) is 6.27. The van der Waals surface area contributed by atoms with Gasteiger partial charge in [0.15, 0.2) is 0 Å². The molecule has 1 fully saturated rings. The molecule has 0 aliphatic carbocycles. The van der Waals surface area contributed by atoms with E-state index in [1.807, 2.05) is 20.8 Å². The van der Waals surface area contributed by atoms with Crippen LogP contribution in [0.15, 0.2) is 24.3 Å². The van der Waals surface area contributed by atoms with E-state index in [1.54, 1.807) is 17.0 Å². The molecule has 0 radical (unpaired) electrons. The fraction of sp³-hybridized carbons (Fsp3) is 0.556. The lowest BCUT2D eigenvalue weighted by molar-refractivity contribution is -0.132. The molecule has 1 aromatic carbocycles. The maximum atomic E-state index is 13.2. The van der Waals surface area contributed by atoms with E-state index >= 15 is 0 Å². The zero-order valence-corrected chi connectivity index (χ0v) is 14.1. The number of rotatable bonds is 3. The zero-order valence-electron chi connectivity index (χ0n) is 14.1. The minimum Gasteiger partial charge on any atom is -0.353 e. The number of carbonyl (C=O) groups is 2. The van der Waals surface area contributed by atoms with Crippen LogP contribution < -0.4 is 5.32 Å². The average molecular weight is 320 g/mol. The molecule has 2 rings (SSSR count). The van der Waals surface area contributed by atoms with Gasteiger partial charge in [-0.2, -0.15) is 0 Å². The van der Waals surface area contributed by atoms with Crippen LogP contribution in [0.2, 0.25) is 0 Å². The topological polar surface area (TPSA) is 49.4 Å². The highest BCUT2D eigenvalue weighted by atomic mass is 19.1. The monoisotopic (exact) mass is 320 g/mol. The van der Waals surface area contributed by atoms with Crippen LogP contribution in [0.1, 0.15) is 39.2 Å². The first kappa shape index (κ1) is 17.4. The predicted octanol–water partition coefficient (Wildman–Crippen LogP) is 2.52. The molecular formula is C18H25FN2O2. The highest BCUT2D eigenvalue weighted by Crippen LogP contribution is 2.17. The summed E-state index contributed by atoms with van der Waals surface area (Å²) in [6.07, 6.45) is 1.74. The van der Waals surface area contributed by atoms with Crippen LogP contribution in [0.25, 0.3) is 0 Å². The largest absolute Gasteiger partial charge is 0.353 e. The standard InChI is InChI=1S/C18H25FN2O2/c1-18(2,3)17(23)20-15-7-9-21(10-8-15)16(22)12-13-5-4-6-14(19)11-13/h4-6,11,15H,7-10,12H2,1-3H3,(H,20,23). The smallest absolute Gasteiger partial charge is 0.226 e. The Morgan fingerprint density at radius 3 is 2.48 bits per heavy atom. The molecule has 0 bridgehead atoms. The Bertz CT molecular complexity index is 573. The van der Waals surface area contributed by atoms with Crippen molar-refractivity contribution in [3.8, 4) is 0 Å². The fourth-order valence-electron chi connectivity index (χ4n) is 2.61. The van der Waals surface area contributed by atoms with Gasteiger partial charge in [-0.15, -0.1) is 0 Å². The molecule has 1 heterocycles. The van der Waals surface area contributed by atoms with E-state index in [9.17, 15) is 14.0 Å². The van der Waals surface area contributed by atoms with Gasteiger partial charge >= 0.3 is 0 Å². The number of hydrogen-bond acceptors (Lipinski definition) is 2. The second-order valence-electron chi connectivity index (χ2n) is 7.19. The van der Waals surface area contributed by atoms with Gasteiger partial charge in [0.25, 0.3) is 0 Å². The number of benzene rings is 1. The van der Waals surface area contributed by atoms with Crippen molar-refractivity contribution >= 4 is 11.8 Å². The first-order chi connectivity index (χ1) is 10.8. The Morgan fingerprint density at radius 1 is 1.26 bits per heavy atom. The third kappa shape index (κ3) is 5.05. The van der Waals surface area contributed by atoms with Crippen LogP contribution >= 0.6 is 0 Å². The summed E-state index contributed by atoms with van der Waals surface area (Å²) in [5.41, 5.74) is 0.294. The lowest BCUT2D eigenvalue weighted by atomic mass is 9.94. The van der Waals surface area contributed by atoms with E-state index in [1.165, 1.54) is 12.1 Å². The summed E-state index contributed by atoms with van der Waals surface area (Å²) in [5.74, 6) is -0.267. The van der Waals surface area contributed by atoms with E-state index < -0.39 is 5.41 Å². The van der Waals surface area contributed by atoms with Crippen molar-refractivity contribution in [1.29, 1.82) is 0 Å². The van der Waals surface area contributed by atoms with Crippen molar-refractivity contribution in [1.82, 2.24) is 10.2 Å². The van der Waals surface area contributed by atoms with Crippen LogP contribution in [0, 0.1) is 11.2 Å². The second kappa shape index (κ2) is 7.11. The SMILES string of the molecule is CC(C)(C)C(=O)NC1CCN(C(=O)Cc2cccc(F)c2)CC1. The highest BCUT2D eigenvalue weighted by Gasteiger charge is 2.27. The Balaban J connectivity index is 1.82. The molecule has 0 saturated carbocycles. The van der Waals surface area contributed by atoms with Gasteiger partial charge in [0.1, 0.15) is 5.82 Å². The third-order valence-electron chi connectivity index (χ3n) is 4.11. The van der Waals surface area contributed by atoms with E-state index in [4.69, 9.17) is 0 Å². The quantitative estimate of drug-likeness (QED) is 0.930. The Hall–Kier alpha value is -1.91. The van der Waals surface area contributed by atoms with Gasteiger partial charge in [-0.05, 0) is 30.5 Å². The maximum absolute atomic E-state index is 13.2. The molecule has 2 amide bonds. The lowest BCUT2D eigenvalue weighted by Gasteiger charge is -2.33. The summed E-state index contributed by atoms with van der Waals surface area (Å²) in [7, 11) is 0. The fourth-order valence-corrected chi connectivity index (χ4v) is 2.61. The number of piperidine rings is 1. The van der Waals surface area contributed by atoms with Crippen molar-refractivity contribution < 1.29 is 14.0 Å². The van der Waals surface area contributed by atoms with Gasteiger partial charge in [-0.25, -0.2) is 4.39 Å². The van der Waals surface area contributed by atoms with Gasteiger partial charge < -0.3 is 10.2 Å². The number of amides is 2. The number of carbonyl (C=O) groups excluding carboxylic acids is 2. The number of hydrogen-bond donors (Lipinski definition) is 1. The number of likely N-dealkylation sites (tertiary alicyclic amines) is 1. The van der Waals surface area contributed by atoms with Crippen molar-refractivity contribution in [2.75, 3.05) is 13.1 Å². The van der Waals surface area contributed by atoms with Crippen molar-refractivity contribution in [2.45, 2.75) is 46.1 Å². The van der Waals surface area contributed by atoms with E-state index in [0.717, 1.165) is 12.8 Å². The van der Waals surface area contributed by atoms with Crippen LogP contribution in [0.4, 0.5) is 4.39 Å². The molecule has 1 aromatic rings. The van der Waals surface area contributed by atoms with E-state index in [2.05, 4.69) is 5.32 Å². The summed E-state index contributed by atoms with van der Waals surface area (Å²) in [6.45, 7) is 6.92. The molecule has 1 saturated heterocycles. The minimum absolute atomic E-state index is 0.0104.